The van der Waals surface area contributed by atoms with E-state index in [1.807, 2.05) is 25.1 Å². The lowest BCUT2D eigenvalue weighted by molar-refractivity contribution is 0.176. The Kier molecular flexibility index (Phi) is 3.86. The molecule has 17 heavy (non-hydrogen) atoms. The average Bonchev–Trinajstić information content (AvgIpc) is 2.32. The standard InChI is InChI=1S/C13H13BrN2O/c1-9-4-10(7-15-6-9)13(17)5-12-3-2-11(14)8-16-12/h2-4,6-8,13,17H,5H2,1H3. The highest BCUT2D eigenvalue weighted by Gasteiger charge is 2.09. The highest BCUT2D eigenvalue weighted by atomic mass is 79.9. The first kappa shape index (κ1) is 12.2. The summed E-state index contributed by atoms with van der Waals surface area (Å²) < 4.78 is 0.938. The van der Waals surface area contributed by atoms with Crippen LogP contribution in [-0.2, 0) is 6.42 Å². The molecule has 4 heteroatoms. The van der Waals surface area contributed by atoms with E-state index < -0.39 is 6.10 Å². The second-order valence-electron chi connectivity index (χ2n) is 3.98. The summed E-state index contributed by atoms with van der Waals surface area (Å²) in [5.74, 6) is 0. The molecule has 0 aliphatic rings. The summed E-state index contributed by atoms with van der Waals surface area (Å²) in [6.45, 7) is 1.96. The van der Waals surface area contributed by atoms with Crippen molar-refractivity contribution < 1.29 is 5.11 Å². The third kappa shape index (κ3) is 3.35. The minimum atomic E-state index is -0.559. The van der Waals surface area contributed by atoms with Crippen molar-refractivity contribution >= 4 is 15.9 Å². The Balaban J connectivity index is 2.11. The van der Waals surface area contributed by atoms with E-state index in [-0.39, 0.29) is 0 Å². The Morgan fingerprint density at radius 2 is 2.12 bits per heavy atom. The van der Waals surface area contributed by atoms with Crippen molar-refractivity contribution in [3.8, 4) is 0 Å². The van der Waals surface area contributed by atoms with E-state index in [2.05, 4.69) is 25.9 Å². The zero-order chi connectivity index (χ0) is 12.3. The Morgan fingerprint density at radius 3 is 2.76 bits per heavy atom. The summed E-state index contributed by atoms with van der Waals surface area (Å²) >= 11 is 3.33. The van der Waals surface area contributed by atoms with Crippen molar-refractivity contribution in [1.82, 2.24) is 9.97 Å². The van der Waals surface area contributed by atoms with Crippen molar-refractivity contribution in [3.05, 3.63) is 58.1 Å². The van der Waals surface area contributed by atoms with Crippen LogP contribution in [-0.4, -0.2) is 15.1 Å². The second-order valence-corrected chi connectivity index (χ2v) is 4.90. The summed E-state index contributed by atoms with van der Waals surface area (Å²) in [7, 11) is 0. The number of rotatable bonds is 3. The fourth-order valence-electron chi connectivity index (χ4n) is 1.60. The first-order valence-corrected chi connectivity index (χ1v) is 6.14. The third-order valence-corrected chi connectivity index (χ3v) is 2.94. The van der Waals surface area contributed by atoms with Gasteiger partial charge in [-0.3, -0.25) is 9.97 Å². The first-order chi connectivity index (χ1) is 8.15. The molecule has 0 saturated heterocycles. The number of nitrogens with zero attached hydrogens (tertiary/aromatic N) is 2. The molecule has 0 amide bonds. The molecule has 2 aromatic heterocycles. The highest BCUT2D eigenvalue weighted by molar-refractivity contribution is 9.10. The molecule has 0 aromatic carbocycles. The molecule has 0 aliphatic heterocycles. The van der Waals surface area contributed by atoms with Crippen LogP contribution < -0.4 is 0 Å². The van der Waals surface area contributed by atoms with E-state index in [0.29, 0.717) is 6.42 Å². The van der Waals surface area contributed by atoms with E-state index >= 15 is 0 Å². The van der Waals surface area contributed by atoms with Gasteiger partial charge >= 0.3 is 0 Å². The van der Waals surface area contributed by atoms with Crippen LogP contribution >= 0.6 is 15.9 Å². The van der Waals surface area contributed by atoms with Crippen LogP contribution in [0, 0.1) is 6.92 Å². The lowest BCUT2D eigenvalue weighted by Crippen LogP contribution is -2.04. The minimum absolute atomic E-state index is 0.498. The maximum Gasteiger partial charge on any atom is 0.0860 e. The Bertz CT molecular complexity index is 499. The minimum Gasteiger partial charge on any atom is -0.388 e. The van der Waals surface area contributed by atoms with Gasteiger partial charge in [0.1, 0.15) is 0 Å². The summed E-state index contributed by atoms with van der Waals surface area (Å²) in [6, 6.07) is 5.76. The zero-order valence-electron chi connectivity index (χ0n) is 9.47. The fourth-order valence-corrected chi connectivity index (χ4v) is 1.84. The molecular formula is C13H13BrN2O. The molecule has 1 atom stereocenters. The molecule has 0 radical (unpaired) electrons. The summed E-state index contributed by atoms with van der Waals surface area (Å²) in [6.07, 6.45) is 5.13. The monoisotopic (exact) mass is 292 g/mol. The van der Waals surface area contributed by atoms with E-state index in [9.17, 15) is 5.11 Å². The molecule has 2 aromatic rings. The second kappa shape index (κ2) is 5.38. The molecule has 2 heterocycles. The van der Waals surface area contributed by atoms with Gasteiger partial charge in [0.25, 0.3) is 0 Å². The highest BCUT2D eigenvalue weighted by Crippen LogP contribution is 2.18. The lowest BCUT2D eigenvalue weighted by atomic mass is 10.1. The quantitative estimate of drug-likeness (QED) is 0.946. The number of aromatic nitrogens is 2. The van der Waals surface area contributed by atoms with Crippen molar-refractivity contribution in [1.29, 1.82) is 0 Å². The maximum atomic E-state index is 10.1. The van der Waals surface area contributed by atoms with Gasteiger partial charge in [-0.2, -0.15) is 0 Å². The van der Waals surface area contributed by atoms with Crippen molar-refractivity contribution in [2.75, 3.05) is 0 Å². The summed E-state index contributed by atoms with van der Waals surface area (Å²) in [4.78, 5) is 8.31. The molecule has 88 valence electrons. The molecule has 0 fully saturated rings. The number of hydrogen-bond donors (Lipinski definition) is 1. The van der Waals surface area contributed by atoms with E-state index in [0.717, 1.165) is 21.3 Å². The number of aliphatic hydroxyl groups excluding tert-OH is 1. The maximum absolute atomic E-state index is 10.1. The number of halogens is 1. The van der Waals surface area contributed by atoms with Gasteiger partial charge in [0.05, 0.1) is 6.10 Å². The van der Waals surface area contributed by atoms with Crippen LogP contribution in [0.1, 0.15) is 22.9 Å². The molecular weight excluding hydrogens is 280 g/mol. The smallest absolute Gasteiger partial charge is 0.0860 e. The topological polar surface area (TPSA) is 46.0 Å². The largest absolute Gasteiger partial charge is 0.388 e. The van der Waals surface area contributed by atoms with Crippen LogP contribution in [0.4, 0.5) is 0 Å². The van der Waals surface area contributed by atoms with Gasteiger partial charge in [0, 0.05) is 35.2 Å². The Morgan fingerprint density at radius 1 is 1.29 bits per heavy atom. The Hall–Kier alpha value is -1.26. The van der Waals surface area contributed by atoms with E-state index in [1.165, 1.54) is 0 Å². The number of hydrogen-bond acceptors (Lipinski definition) is 3. The predicted octanol–water partition coefficient (Wildman–Crippen LogP) is 2.82. The van der Waals surface area contributed by atoms with Gasteiger partial charge in [-0.15, -0.1) is 0 Å². The predicted molar refractivity (Wildman–Crippen MR) is 69.6 cm³/mol. The lowest BCUT2D eigenvalue weighted by Gasteiger charge is -2.10. The molecule has 0 bridgehead atoms. The van der Waals surface area contributed by atoms with Crippen molar-refractivity contribution in [3.63, 3.8) is 0 Å². The van der Waals surface area contributed by atoms with Gasteiger partial charge in [-0.25, -0.2) is 0 Å². The fraction of sp³-hybridized carbons (Fsp3) is 0.231. The SMILES string of the molecule is Cc1cncc(C(O)Cc2ccc(Br)cn2)c1. The van der Waals surface area contributed by atoms with Gasteiger partial charge < -0.3 is 5.11 Å². The Labute approximate surface area is 109 Å². The van der Waals surface area contributed by atoms with E-state index in [1.54, 1.807) is 18.6 Å². The van der Waals surface area contributed by atoms with Crippen LogP contribution in [0.3, 0.4) is 0 Å². The van der Waals surface area contributed by atoms with E-state index in [4.69, 9.17) is 0 Å². The van der Waals surface area contributed by atoms with Gasteiger partial charge in [0.15, 0.2) is 0 Å². The summed E-state index contributed by atoms with van der Waals surface area (Å²) in [5.41, 5.74) is 2.74. The molecule has 1 unspecified atom stereocenters. The third-order valence-electron chi connectivity index (χ3n) is 2.47. The molecule has 1 N–H and O–H groups in total. The van der Waals surface area contributed by atoms with Gasteiger partial charge in [-0.1, -0.05) is 6.07 Å². The summed E-state index contributed by atoms with van der Waals surface area (Å²) in [5, 5.41) is 10.1. The van der Waals surface area contributed by atoms with Crippen molar-refractivity contribution in [2.24, 2.45) is 0 Å². The molecule has 0 saturated carbocycles. The zero-order valence-corrected chi connectivity index (χ0v) is 11.1. The van der Waals surface area contributed by atoms with Crippen LogP contribution in [0.2, 0.25) is 0 Å². The first-order valence-electron chi connectivity index (χ1n) is 5.35. The van der Waals surface area contributed by atoms with Crippen LogP contribution in [0.15, 0.2) is 41.3 Å². The van der Waals surface area contributed by atoms with Crippen molar-refractivity contribution in [2.45, 2.75) is 19.4 Å². The van der Waals surface area contributed by atoms with Gasteiger partial charge in [0.2, 0.25) is 0 Å². The average molecular weight is 293 g/mol. The number of pyridine rings is 2. The molecule has 0 aliphatic carbocycles. The van der Waals surface area contributed by atoms with Crippen LogP contribution in [0.25, 0.3) is 0 Å². The number of aliphatic hydroxyl groups is 1. The molecule has 3 nitrogen and oxygen atoms in total. The van der Waals surface area contributed by atoms with Crippen LogP contribution in [0.5, 0.6) is 0 Å². The number of aryl methyl sites for hydroxylation is 1. The molecule has 0 spiro atoms. The molecule has 2 rings (SSSR count). The normalized spacial score (nSPS) is 12.4. The van der Waals surface area contributed by atoms with Gasteiger partial charge in [-0.05, 0) is 46.1 Å².